The van der Waals surface area contributed by atoms with Crippen LogP contribution >= 0.6 is 0 Å². The van der Waals surface area contributed by atoms with Gasteiger partial charge in [-0.2, -0.15) is 0 Å². The van der Waals surface area contributed by atoms with E-state index >= 15 is 0 Å². The van der Waals surface area contributed by atoms with E-state index in [0.717, 1.165) is 12.8 Å². The van der Waals surface area contributed by atoms with E-state index in [1.807, 2.05) is 4.68 Å². The second-order valence-electron chi connectivity index (χ2n) is 11.4. The van der Waals surface area contributed by atoms with Crippen molar-refractivity contribution in [3.05, 3.63) is 93.9 Å². The second kappa shape index (κ2) is 15.3. The largest absolute Gasteiger partial charge is 0.493 e. The maximum Gasteiger partial charge on any atom is 0.282 e. The molecule has 12 nitrogen and oxygen atoms in total. The Labute approximate surface area is 281 Å². The van der Waals surface area contributed by atoms with Crippen LogP contribution in [0.3, 0.4) is 0 Å². The molecule has 256 valence electrons. The molecule has 0 aliphatic carbocycles. The fourth-order valence-corrected chi connectivity index (χ4v) is 5.85. The van der Waals surface area contributed by atoms with Gasteiger partial charge in [-0.05, 0) is 67.3 Å². The number of halogens is 1. The van der Waals surface area contributed by atoms with Crippen LogP contribution in [0.25, 0.3) is 16.6 Å². The second-order valence-corrected chi connectivity index (χ2v) is 11.4. The Kier molecular flexibility index (Phi) is 10.5. The van der Waals surface area contributed by atoms with E-state index in [0.29, 0.717) is 90.2 Å². The maximum absolute atomic E-state index is 13.8. The van der Waals surface area contributed by atoms with Gasteiger partial charge in [0.15, 0.2) is 28.8 Å². The number of rotatable bonds is 15. The molecule has 0 fully saturated rings. The summed E-state index contributed by atoms with van der Waals surface area (Å²) in [5, 5.41) is 0.575. The summed E-state index contributed by atoms with van der Waals surface area (Å²) in [6.45, 7) is 1.99. The molecule has 1 aliphatic heterocycles. The zero-order valence-corrected chi connectivity index (χ0v) is 27.6. The summed E-state index contributed by atoms with van der Waals surface area (Å²) < 4.78 is 50.9. The van der Waals surface area contributed by atoms with Gasteiger partial charge in [0, 0.05) is 33.3 Å². The third kappa shape index (κ3) is 7.27. The Morgan fingerprint density at radius 3 is 2.29 bits per heavy atom. The first-order valence-corrected chi connectivity index (χ1v) is 15.9. The van der Waals surface area contributed by atoms with Crippen LogP contribution < -0.4 is 24.5 Å². The average molecular weight is 673 g/mol. The van der Waals surface area contributed by atoms with E-state index in [4.69, 9.17) is 28.4 Å². The molecule has 6 rings (SSSR count). The highest BCUT2D eigenvalue weighted by Gasteiger charge is 2.28. The molecule has 0 N–H and O–H groups in total. The summed E-state index contributed by atoms with van der Waals surface area (Å²) in [7, 11) is 4.69. The predicted octanol–water partition coefficient (Wildman–Crippen LogP) is 5.33. The number of carbonyl (C=O) groups is 1. The number of fused-ring (bicyclic) bond motifs is 2. The van der Waals surface area contributed by atoms with Gasteiger partial charge in [-0.1, -0.05) is 6.07 Å². The minimum atomic E-state index is -0.408. The first-order valence-electron chi connectivity index (χ1n) is 15.9. The van der Waals surface area contributed by atoms with Gasteiger partial charge in [0.05, 0.1) is 42.6 Å². The molecule has 49 heavy (non-hydrogen) atoms. The van der Waals surface area contributed by atoms with Crippen molar-refractivity contribution in [1.82, 2.24) is 19.3 Å². The SMILES string of the molecule is COCCOc1cc2ncnc(Oc3ccc(CC(=O)c4c5n(n(-c6ccc(F)cc6)c4=O)CCCC5)cc3OC)c2cc1OCCOC. The van der Waals surface area contributed by atoms with Crippen molar-refractivity contribution in [2.24, 2.45) is 0 Å². The fourth-order valence-electron chi connectivity index (χ4n) is 5.85. The van der Waals surface area contributed by atoms with Gasteiger partial charge in [-0.3, -0.25) is 14.3 Å². The molecule has 5 aromatic rings. The topological polar surface area (TPSA) is 125 Å². The Morgan fingerprint density at radius 1 is 0.837 bits per heavy atom. The van der Waals surface area contributed by atoms with Crippen LogP contribution in [-0.4, -0.2) is 72.9 Å². The zero-order valence-electron chi connectivity index (χ0n) is 27.6. The zero-order chi connectivity index (χ0) is 34.3. The predicted molar refractivity (Wildman–Crippen MR) is 178 cm³/mol. The minimum absolute atomic E-state index is 0.0310. The normalized spacial score (nSPS) is 12.5. The Hall–Kier alpha value is -5.27. The number of carbonyl (C=O) groups excluding carboxylic acids is 1. The lowest BCUT2D eigenvalue weighted by atomic mass is 9.99. The quantitative estimate of drug-likeness (QED) is 0.106. The summed E-state index contributed by atoms with van der Waals surface area (Å²) in [6.07, 6.45) is 3.71. The summed E-state index contributed by atoms with van der Waals surface area (Å²) in [6, 6.07) is 14.3. The summed E-state index contributed by atoms with van der Waals surface area (Å²) in [5.41, 5.74) is 2.17. The molecule has 3 aromatic carbocycles. The molecule has 0 saturated heterocycles. The van der Waals surface area contributed by atoms with Gasteiger partial charge in [0.1, 0.15) is 30.9 Å². The molecule has 13 heteroatoms. The van der Waals surface area contributed by atoms with Crippen molar-refractivity contribution >= 4 is 16.7 Å². The lowest BCUT2D eigenvalue weighted by molar-refractivity contribution is 0.0990. The Bertz CT molecular complexity index is 2010. The molecule has 2 aromatic heterocycles. The van der Waals surface area contributed by atoms with Crippen LogP contribution in [0.15, 0.2) is 65.7 Å². The van der Waals surface area contributed by atoms with E-state index in [-0.39, 0.29) is 23.6 Å². The Balaban J connectivity index is 1.27. The third-order valence-electron chi connectivity index (χ3n) is 8.19. The van der Waals surface area contributed by atoms with E-state index in [1.165, 1.54) is 30.3 Å². The molecule has 0 radical (unpaired) electrons. The molecule has 0 bridgehead atoms. The van der Waals surface area contributed by atoms with Crippen LogP contribution in [0, 0.1) is 5.82 Å². The van der Waals surface area contributed by atoms with Gasteiger partial charge >= 0.3 is 0 Å². The van der Waals surface area contributed by atoms with Crippen LogP contribution in [0.5, 0.6) is 28.9 Å². The Morgan fingerprint density at radius 2 is 1.57 bits per heavy atom. The molecule has 3 heterocycles. The lowest BCUT2D eigenvalue weighted by Gasteiger charge is -2.19. The third-order valence-corrected chi connectivity index (χ3v) is 8.19. The highest BCUT2D eigenvalue weighted by Crippen LogP contribution is 2.38. The summed E-state index contributed by atoms with van der Waals surface area (Å²) in [5.74, 6) is 1.24. The van der Waals surface area contributed by atoms with Crippen molar-refractivity contribution < 1.29 is 37.6 Å². The first kappa shape index (κ1) is 33.6. The van der Waals surface area contributed by atoms with Crippen LogP contribution in [0.1, 0.15) is 34.5 Å². The van der Waals surface area contributed by atoms with E-state index in [9.17, 15) is 14.0 Å². The van der Waals surface area contributed by atoms with Crippen molar-refractivity contribution in [3.63, 3.8) is 0 Å². The molecule has 0 atom stereocenters. The molecular formula is C36H37FN4O8. The fraction of sp³-hybridized carbons (Fsp3) is 0.333. The molecule has 0 unspecified atom stereocenters. The number of ether oxygens (including phenoxy) is 6. The number of hydrogen-bond donors (Lipinski definition) is 0. The van der Waals surface area contributed by atoms with Crippen molar-refractivity contribution in [1.29, 1.82) is 0 Å². The standard InChI is InChI=1S/C36H37FN4O8/c1-44-14-16-47-32-20-26-27(21-33(32)48-17-15-45-2)38-22-39-35(26)49-30-12-7-23(19-31(30)46-3)18-29(42)34-28-6-4-5-13-40(28)41(36(34)43)25-10-8-24(37)9-11-25/h7-12,19-22H,4-6,13-18H2,1-3H3. The molecule has 0 spiro atoms. The van der Waals surface area contributed by atoms with Crippen molar-refractivity contribution in [2.45, 2.75) is 32.2 Å². The number of hydrogen-bond acceptors (Lipinski definition) is 10. The number of Topliss-reactive ketones (excluding diaryl/α,β-unsaturated/α-hetero) is 1. The van der Waals surface area contributed by atoms with E-state index in [2.05, 4.69) is 9.97 Å². The van der Waals surface area contributed by atoms with E-state index < -0.39 is 11.4 Å². The minimum Gasteiger partial charge on any atom is -0.493 e. The van der Waals surface area contributed by atoms with Gasteiger partial charge in [0.2, 0.25) is 5.88 Å². The van der Waals surface area contributed by atoms with Gasteiger partial charge < -0.3 is 28.4 Å². The van der Waals surface area contributed by atoms with Crippen molar-refractivity contribution in [2.75, 3.05) is 47.8 Å². The number of aromatic nitrogens is 4. The molecule has 1 aliphatic rings. The monoisotopic (exact) mass is 672 g/mol. The summed E-state index contributed by atoms with van der Waals surface area (Å²) in [4.78, 5) is 36.2. The average Bonchev–Trinajstić information content (AvgIpc) is 3.41. The van der Waals surface area contributed by atoms with E-state index in [1.54, 1.807) is 56.7 Å². The van der Waals surface area contributed by atoms with Crippen LogP contribution in [0.2, 0.25) is 0 Å². The van der Waals surface area contributed by atoms with Crippen LogP contribution in [-0.2, 0) is 28.9 Å². The molecule has 0 amide bonds. The number of ketones is 1. The number of nitrogens with zero attached hydrogens (tertiary/aromatic N) is 4. The lowest BCUT2D eigenvalue weighted by Crippen LogP contribution is -2.24. The number of benzene rings is 3. The van der Waals surface area contributed by atoms with Gasteiger partial charge in [0.25, 0.3) is 5.56 Å². The molecule has 0 saturated carbocycles. The number of methoxy groups -OCH3 is 3. The highest BCUT2D eigenvalue weighted by molar-refractivity contribution is 5.98. The smallest absolute Gasteiger partial charge is 0.282 e. The van der Waals surface area contributed by atoms with Gasteiger partial charge in [-0.15, -0.1) is 0 Å². The highest BCUT2D eigenvalue weighted by atomic mass is 19.1. The maximum atomic E-state index is 13.8. The first-order chi connectivity index (χ1) is 23.9. The van der Waals surface area contributed by atoms with Gasteiger partial charge in [-0.25, -0.2) is 19.0 Å². The van der Waals surface area contributed by atoms with Crippen molar-refractivity contribution in [3.8, 4) is 34.6 Å². The summed E-state index contributed by atoms with van der Waals surface area (Å²) >= 11 is 0. The molecular weight excluding hydrogens is 635 g/mol. The van der Waals surface area contributed by atoms with Crippen LogP contribution in [0.4, 0.5) is 4.39 Å².